The van der Waals surface area contributed by atoms with Crippen LogP contribution < -0.4 is 5.73 Å². The second kappa shape index (κ2) is 10.2. The van der Waals surface area contributed by atoms with E-state index < -0.39 is 17.6 Å². The lowest BCUT2D eigenvalue weighted by Crippen LogP contribution is -2.42. The van der Waals surface area contributed by atoms with Crippen LogP contribution in [-0.4, -0.2) is 23.9 Å². The molecule has 4 rings (SSSR count). The van der Waals surface area contributed by atoms with Gasteiger partial charge in [-0.3, -0.25) is 4.79 Å². The van der Waals surface area contributed by atoms with Gasteiger partial charge in [-0.25, -0.2) is 0 Å². The number of hydrogen-bond donors (Lipinski definition) is 1. The van der Waals surface area contributed by atoms with Crippen molar-refractivity contribution in [3.8, 4) is 0 Å². The fraction of sp³-hybridized carbons (Fsp3) is 0.250. The third kappa shape index (κ3) is 5.70. The van der Waals surface area contributed by atoms with Gasteiger partial charge in [-0.05, 0) is 72.5 Å². The van der Waals surface area contributed by atoms with Gasteiger partial charge in [0.2, 0.25) is 5.91 Å². The topological polar surface area (TPSA) is 46.3 Å². The van der Waals surface area contributed by atoms with E-state index in [4.69, 9.17) is 17.3 Å². The summed E-state index contributed by atoms with van der Waals surface area (Å²) in [4.78, 5) is 14.1. The molecule has 0 atom stereocenters. The average Bonchev–Trinajstić information content (AvgIpc) is 2.84. The normalized spacial score (nSPS) is 15.9. The maximum atomic E-state index is 13.3. The van der Waals surface area contributed by atoms with Gasteiger partial charge in [0.25, 0.3) is 0 Å². The van der Waals surface area contributed by atoms with Crippen LogP contribution >= 0.6 is 11.6 Å². The molecule has 0 saturated carbocycles. The molecule has 1 aliphatic heterocycles. The Labute approximate surface area is 208 Å². The number of alkyl halides is 3. The number of piperidine rings is 1. The molecule has 3 aromatic rings. The first-order valence-corrected chi connectivity index (χ1v) is 11.8. The van der Waals surface area contributed by atoms with Gasteiger partial charge >= 0.3 is 6.18 Å². The summed E-state index contributed by atoms with van der Waals surface area (Å²) >= 11 is 6.13. The third-order valence-electron chi connectivity index (χ3n) is 6.75. The Kier molecular flexibility index (Phi) is 7.22. The molecule has 0 bridgehead atoms. The van der Waals surface area contributed by atoms with E-state index in [9.17, 15) is 18.0 Å². The Bertz CT molecular complexity index is 1210. The molecule has 0 aromatic heterocycles. The average molecular weight is 499 g/mol. The van der Waals surface area contributed by atoms with Crippen LogP contribution in [0.25, 0.3) is 6.08 Å². The zero-order chi connectivity index (χ0) is 25.1. The standard InChI is InChI=1S/C28H26ClF3N2O/c29-23-11-9-22(10-12-23)27(19-21-6-1-3-7-24(21)26(33)35)14-17-34(18-15-27)16-13-20-5-2-4-8-25(20)28(30,31)32/h1-13,16H,14-15,17-19H2,(H2,33,35). The van der Waals surface area contributed by atoms with E-state index >= 15 is 0 Å². The number of carbonyl (C=O) groups excluding carboxylic acids is 1. The first-order chi connectivity index (χ1) is 16.7. The summed E-state index contributed by atoms with van der Waals surface area (Å²) in [7, 11) is 0. The molecule has 0 aliphatic carbocycles. The van der Waals surface area contributed by atoms with Crippen LogP contribution in [0.5, 0.6) is 0 Å². The predicted molar refractivity (Wildman–Crippen MR) is 133 cm³/mol. The largest absolute Gasteiger partial charge is 0.416 e. The van der Waals surface area contributed by atoms with Crippen molar-refractivity contribution < 1.29 is 18.0 Å². The van der Waals surface area contributed by atoms with Crippen LogP contribution in [-0.2, 0) is 18.0 Å². The van der Waals surface area contributed by atoms with Crippen molar-refractivity contribution in [3.05, 3.63) is 112 Å². The van der Waals surface area contributed by atoms with Crippen LogP contribution in [0, 0.1) is 0 Å². The summed E-state index contributed by atoms with van der Waals surface area (Å²) in [6.07, 6.45) is 1.01. The van der Waals surface area contributed by atoms with E-state index in [1.807, 2.05) is 41.3 Å². The van der Waals surface area contributed by atoms with Crippen LogP contribution in [0.2, 0.25) is 5.02 Å². The zero-order valence-electron chi connectivity index (χ0n) is 19.1. The number of hydrogen-bond acceptors (Lipinski definition) is 2. The molecule has 3 nitrogen and oxygen atoms in total. The Morgan fingerprint density at radius 3 is 2.26 bits per heavy atom. The van der Waals surface area contributed by atoms with Crippen LogP contribution in [0.4, 0.5) is 13.2 Å². The molecular formula is C28H26ClF3N2O. The highest BCUT2D eigenvalue weighted by atomic mass is 35.5. The lowest BCUT2D eigenvalue weighted by Gasteiger charge is -2.42. The molecule has 1 aliphatic rings. The Morgan fingerprint density at radius 2 is 1.60 bits per heavy atom. The Morgan fingerprint density at radius 1 is 0.971 bits per heavy atom. The minimum atomic E-state index is -4.40. The maximum Gasteiger partial charge on any atom is 0.416 e. The minimum Gasteiger partial charge on any atom is -0.377 e. The second-order valence-corrected chi connectivity index (χ2v) is 9.36. The zero-order valence-corrected chi connectivity index (χ0v) is 19.8. The van der Waals surface area contributed by atoms with E-state index in [-0.39, 0.29) is 11.0 Å². The number of rotatable bonds is 6. The van der Waals surface area contributed by atoms with Crippen molar-refractivity contribution >= 4 is 23.6 Å². The number of primary amides is 1. The number of halogens is 4. The maximum absolute atomic E-state index is 13.3. The predicted octanol–water partition coefficient (Wildman–Crippen LogP) is 6.70. The molecule has 0 radical (unpaired) electrons. The highest BCUT2D eigenvalue weighted by Crippen LogP contribution is 2.40. The molecule has 1 amide bonds. The van der Waals surface area contributed by atoms with Gasteiger partial charge in [0.05, 0.1) is 5.56 Å². The lowest BCUT2D eigenvalue weighted by atomic mass is 9.68. The highest BCUT2D eigenvalue weighted by molar-refractivity contribution is 6.30. The Hall–Kier alpha value is -3.25. The highest BCUT2D eigenvalue weighted by Gasteiger charge is 2.37. The molecule has 1 heterocycles. The first kappa shape index (κ1) is 24.9. The number of nitrogens with two attached hydrogens (primary N) is 1. The van der Waals surface area contributed by atoms with Gasteiger partial charge < -0.3 is 10.6 Å². The fourth-order valence-electron chi connectivity index (χ4n) is 4.84. The van der Waals surface area contributed by atoms with Crippen LogP contribution in [0.3, 0.4) is 0 Å². The lowest BCUT2D eigenvalue weighted by molar-refractivity contribution is -0.137. The summed E-state index contributed by atoms with van der Waals surface area (Å²) in [5, 5.41) is 0.644. The van der Waals surface area contributed by atoms with Crippen molar-refractivity contribution in [3.63, 3.8) is 0 Å². The quantitative estimate of drug-likeness (QED) is 0.411. The molecule has 182 valence electrons. The van der Waals surface area contributed by atoms with Crippen molar-refractivity contribution in [1.29, 1.82) is 0 Å². The van der Waals surface area contributed by atoms with Gasteiger partial charge in [0.15, 0.2) is 0 Å². The summed E-state index contributed by atoms with van der Waals surface area (Å²) in [6, 6.07) is 20.7. The number of likely N-dealkylation sites (tertiary alicyclic amines) is 1. The third-order valence-corrected chi connectivity index (χ3v) is 7.01. The van der Waals surface area contributed by atoms with Crippen molar-refractivity contribution in [2.75, 3.05) is 13.1 Å². The SMILES string of the molecule is NC(=O)c1ccccc1CC1(c2ccc(Cl)cc2)CCN(C=Cc2ccccc2C(F)(F)F)CC1. The van der Waals surface area contributed by atoms with E-state index in [1.54, 1.807) is 24.4 Å². The first-order valence-electron chi connectivity index (χ1n) is 11.4. The number of carbonyl (C=O) groups is 1. The number of nitrogens with zero attached hydrogens (tertiary/aromatic N) is 1. The molecule has 1 saturated heterocycles. The molecular weight excluding hydrogens is 473 g/mol. The van der Waals surface area contributed by atoms with E-state index in [0.29, 0.717) is 30.1 Å². The van der Waals surface area contributed by atoms with Crippen molar-refractivity contribution in [2.45, 2.75) is 30.9 Å². The van der Waals surface area contributed by atoms with Gasteiger partial charge in [-0.2, -0.15) is 13.2 Å². The fourth-order valence-corrected chi connectivity index (χ4v) is 4.96. The summed E-state index contributed by atoms with van der Waals surface area (Å²) < 4.78 is 40.0. The van der Waals surface area contributed by atoms with Crippen LogP contribution in [0.1, 0.15) is 45.5 Å². The van der Waals surface area contributed by atoms with Crippen LogP contribution in [0.15, 0.2) is 79.0 Å². The number of amides is 1. The van der Waals surface area contributed by atoms with Gasteiger partial charge in [-0.1, -0.05) is 60.1 Å². The number of benzene rings is 3. The van der Waals surface area contributed by atoms with E-state index in [0.717, 1.165) is 30.0 Å². The molecule has 2 N–H and O–H groups in total. The summed E-state index contributed by atoms with van der Waals surface area (Å²) in [5.41, 5.74) is 7.38. The minimum absolute atomic E-state index is 0.143. The van der Waals surface area contributed by atoms with Crippen molar-refractivity contribution in [1.82, 2.24) is 4.90 Å². The molecule has 7 heteroatoms. The second-order valence-electron chi connectivity index (χ2n) is 8.92. The summed E-state index contributed by atoms with van der Waals surface area (Å²) in [5.74, 6) is -0.462. The van der Waals surface area contributed by atoms with E-state index in [1.165, 1.54) is 18.2 Å². The smallest absolute Gasteiger partial charge is 0.377 e. The molecule has 35 heavy (non-hydrogen) atoms. The Balaban J connectivity index is 1.59. The van der Waals surface area contributed by atoms with Gasteiger partial charge in [0, 0.05) is 29.1 Å². The molecule has 3 aromatic carbocycles. The molecule has 1 fully saturated rings. The van der Waals surface area contributed by atoms with Crippen molar-refractivity contribution in [2.24, 2.45) is 5.73 Å². The molecule has 0 spiro atoms. The van der Waals surface area contributed by atoms with Gasteiger partial charge in [0.1, 0.15) is 0 Å². The summed E-state index contributed by atoms with van der Waals surface area (Å²) in [6.45, 7) is 1.32. The van der Waals surface area contributed by atoms with Gasteiger partial charge in [-0.15, -0.1) is 0 Å². The molecule has 0 unspecified atom stereocenters. The monoisotopic (exact) mass is 498 g/mol. The van der Waals surface area contributed by atoms with E-state index in [2.05, 4.69) is 0 Å².